The minimum absolute atomic E-state index is 0.0974. The van der Waals surface area contributed by atoms with Gasteiger partial charge in [-0.15, -0.1) is 5.10 Å². The van der Waals surface area contributed by atoms with E-state index >= 15 is 0 Å². The van der Waals surface area contributed by atoms with Crippen molar-refractivity contribution in [3.63, 3.8) is 0 Å². The Morgan fingerprint density at radius 2 is 2.26 bits per heavy atom. The Kier molecular flexibility index (Phi) is 5.61. The Labute approximate surface area is 112 Å². The summed E-state index contributed by atoms with van der Waals surface area (Å²) in [7, 11) is -0.885. The zero-order valence-corrected chi connectivity index (χ0v) is 11.5. The van der Waals surface area contributed by atoms with Gasteiger partial charge in [0.1, 0.15) is 6.54 Å². The highest BCUT2D eigenvalue weighted by molar-refractivity contribution is 7.84. The summed E-state index contributed by atoms with van der Waals surface area (Å²) in [5.74, 6) is -0.963. The van der Waals surface area contributed by atoms with E-state index in [4.69, 9.17) is 5.11 Å². The molecule has 9 heteroatoms. The van der Waals surface area contributed by atoms with E-state index in [1.54, 1.807) is 6.26 Å². The maximum atomic E-state index is 11.6. The molecule has 1 aromatic heterocycles. The number of hydrogen-bond donors (Lipinski definition) is 2. The predicted molar refractivity (Wildman–Crippen MR) is 68.1 cm³/mol. The topological polar surface area (TPSA) is 114 Å². The normalized spacial score (nSPS) is 13.8. The first kappa shape index (κ1) is 15.3. The number of rotatable bonds is 7. The first-order valence-electron chi connectivity index (χ1n) is 5.61. The van der Waals surface area contributed by atoms with E-state index < -0.39 is 16.8 Å². The number of hydrogen-bond acceptors (Lipinski definition) is 5. The van der Waals surface area contributed by atoms with Crippen LogP contribution in [-0.2, 0) is 22.1 Å². The van der Waals surface area contributed by atoms with Gasteiger partial charge in [0, 0.05) is 28.9 Å². The monoisotopic (exact) mass is 288 g/mol. The van der Waals surface area contributed by atoms with Crippen LogP contribution in [0.5, 0.6) is 0 Å². The van der Waals surface area contributed by atoms with Gasteiger partial charge in [0.2, 0.25) is 5.91 Å². The third-order valence-corrected chi connectivity index (χ3v) is 3.12. The Hall–Kier alpha value is -1.77. The molecule has 1 amide bonds. The van der Waals surface area contributed by atoms with Crippen LogP contribution in [0.15, 0.2) is 6.20 Å². The molecule has 2 atom stereocenters. The number of carboxylic acids is 1. The van der Waals surface area contributed by atoms with Gasteiger partial charge >= 0.3 is 5.97 Å². The summed E-state index contributed by atoms with van der Waals surface area (Å²) in [6.45, 7) is 1.72. The third kappa shape index (κ3) is 5.60. The minimum atomic E-state index is -1.19. The summed E-state index contributed by atoms with van der Waals surface area (Å²) in [5, 5.41) is 18.3. The molecular weight excluding hydrogens is 272 g/mol. The van der Waals surface area contributed by atoms with Crippen molar-refractivity contribution in [3.05, 3.63) is 11.9 Å². The summed E-state index contributed by atoms with van der Waals surface area (Å²) in [4.78, 5) is 22.2. The Bertz CT molecular complexity index is 488. The molecule has 19 heavy (non-hydrogen) atoms. The summed E-state index contributed by atoms with van der Waals surface area (Å²) >= 11 is 0. The van der Waals surface area contributed by atoms with E-state index in [9.17, 15) is 13.8 Å². The van der Waals surface area contributed by atoms with E-state index in [2.05, 4.69) is 15.6 Å². The van der Waals surface area contributed by atoms with E-state index in [0.29, 0.717) is 12.2 Å². The molecule has 106 valence electrons. The smallest absolute Gasteiger partial charge is 0.358 e. The van der Waals surface area contributed by atoms with Crippen LogP contribution in [0.2, 0.25) is 0 Å². The molecule has 1 aromatic rings. The van der Waals surface area contributed by atoms with Crippen molar-refractivity contribution >= 4 is 22.7 Å². The molecule has 0 aliphatic rings. The Balaban J connectivity index is 2.41. The van der Waals surface area contributed by atoms with Gasteiger partial charge in [-0.3, -0.25) is 9.00 Å². The average molecular weight is 288 g/mol. The minimum Gasteiger partial charge on any atom is -0.476 e. The van der Waals surface area contributed by atoms with Gasteiger partial charge in [-0.1, -0.05) is 5.21 Å². The van der Waals surface area contributed by atoms with Crippen molar-refractivity contribution in [3.8, 4) is 0 Å². The standard InChI is InChI=1S/C10H16N4O4S/c1-7(3-4-19(2)18)11-9(15)6-14-5-8(10(16)17)12-13-14/h5,7H,3-4,6H2,1-2H3,(H,11,15)(H,16,17). The number of carboxylic acid groups (broad SMARTS) is 1. The second kappa shape index (κ2) is 6.98. The number of amides is 1. The van der Waals surface area contributed by atoms with Crippen LogP contribution in [0, 0.1) is 0 Å². The SMILES string of the molecule is CC(CCS(C)=O)NC(=O)Cn1cc(C(=O)O)nn1. The molecule has 0 aliphatic carbocycles. The van der Waals surface area contributed by atoms with Crippen LogP contribution in [0.3, 0.4) is 0 Å². The maximum absolute atomic E-state index is 11.6. The van der Waals surface area contributed by atoms with Crippen molar-refractivity contribution in [1.82, 2.24) is 20.3 Å². The zero-order valence-electron chi connectivity index (χ0n) is 10.7. The highest BCUT2D eigenvalue weighted by Crippen LogP contribution is 1.95. The molecule has 0 fully saturated rings. The summed E-state index contributed by atoms with van der Waals surface area (Å²) < 4.78 is 12.1. The molecule has 8 nitrogen and oxygen atoms in total. The second-order valence-electron chi connectivity index (χ2n) is 4.14. The third-order valence-electron chi connectivity index (χ3n) is 2.31. The highest BCUT2D eigenvalue weighted by atomic mass is 32.2. The number of aromatic nitrogens is 3. The quantitative estimate of drug-likeness (QED) is 0.682. The lowest BCUT2D eigenvalue weighted by atomic mass is 10.2. The van der Waals surface area contributed by atoms with Crippen molar-refractivity contribution in [1.29, 1.82) is 0 Å². The van der Waals surface area contributed by atoms with Crippen molar-refractivity contribution in [2.24, 2.45) is 0 Å². The summed E-state index contributed by atoms with van der Waals surface area (Å²) in [5.41, 5.74) is -0.206. The van der Waals surface area contributed by atoms with Crippen molar-refractivity contribution < 1.29 is 18.9 Å². The molecule has 2 N–H and O–H groups in total. The van der Waals surface area contributed by atoms with Crippen LogP contribution >= 0.6 is 0 Å². The van der Waals surface area contributed by atoms with E-state index in [0.717, 1.165) is 4.68 Å². The Morgan fingerprint density at radius 3 is 2.79 bits per heavy atom. The van der Waals surface area contributed by atoms with Crippen molar-refractivity contribution in [2.75, 3.05) is 12.0 Å². The number of carbonyl (C=O) groups is 2. The number of nitrogens with one attached hydrogen (secondary N) is 1. The maximum Gasteiger partial charge on any atom is 0.358 e. The lowest BCUT2D eigenvalue weighted by Crippen LogP contribution is -2.36. The molecule has 2 unspecified atom stereocenters. The largest absolute Gasteiger partial charge is 0.476 e. The fourth-order valence-electron chi connectivity index (χ4n) is 1.36. The average Bonchev–Trinajstić information content (AvgIpc) is 2.74. The van der Waals surface area contributed by atoms with Gasteiger partial charge in [-0.05, 0) is 13.3 Å². The van der Waals surface area contributed by atoms with Crippen LogP contribution in [-0.4, -0.2) is 54.2 Å². The van der Waals surface area contributed by atoms with Gasteiger partial charge in [-0.2, -0.15) is 0 Å². The molecule has 0 spiro atoms. The lowest BCUT2D eigenvalue weighted by Gasteiger charge is -2.12. The molecular formula is C10H16N4O4S. The van der Waals surface area contributed by atoms with Gasteiger partial charge in [0.25, 0.3) is 0 Å². The summed E-state index contributed by atoms with van der Waals surface area (Å²) in [6, 6.07) is -0.0983. The van der Waals surface area contributed by atoms with Crippen LogP contribution in [0.4, 0.5) is 0 Å². The van der Waals surface area contributed by atoms with E-state index in [1.165, 1.54) is 6.20 Å². The molecule has 0 saturated heterocycles. The Morgan fingerprint density at radius 1 is 1.58 bits per heavy atom. The number of nitrogens with zero attached hydrogens (tertiary/aromatic N) is 3. The van der Waals surface area contributed by atoms with Crippen LogP contribution < -0.4 is 5.32 Å². The van der Waals surface area contributed by atoms with Crippen LogP contribution in [0.25, 0.3) is 0 Å². The first-order chi connectivity index (χ1) is 8.88. The fourth-order valence-corrected chi connectivity index (χ4v) is 2.04. The predicted octanol–water partition coefficient (Wildman–Crippen LogP) is -0.750. The van der Waals surface area contributed by atoms with Gasteiger partial charge in [0.05, 0.1) is 6.20 Å². The lowest BCUT2D eigenvalue weighted by molar-refractivity contribution is -0.122. The van der Waals surface area contributed by atoms with Gasteiger partial charge < -0.3 is 10.4 Å². The number of aromatic carboxylic acids is 1. The first-order valence-corrected chi connectivity index (χ1v) is 7.34. The van der Waals surface area contributed by atoms with E-state index in [-0.39, 0.29) is 24.2 Å². The van der Waals surface area contributed by atoms with E-state index in [1.807, 2.05) is 6.92 Å². The van der Waals surface area contributed by atoms with Gasteiger partial charge in [-0.25, -0.2) is 9.48 Å². The molecule has 1 heterocycles. The second-order valence-corrected chi connectivity index (χ2v) is 5.70. The molecule has 0 aliphatic heterocycles. The van der Waals surface area contributed by atoms with Crippen LogP contribution in [0.1, 0.15) is 23.8 Å². The summed E-state index contributed by atoms with van der Waals surface area (Å²) in [6.07, 6.45) is 3.41. The van der Waals surface area contributed by atoms with Gasteiger partial charge in [0.15, 0.2) is 5.69 Å². The molecule has 0 saturated carbocycles. The molecule has 0 aromatic carbocycles. The molecule has 0 bridgehead atoms. The van der Waals surface area contributed by atoms with Crippen molar-refractivity contribution in [2.45, 2.75) is 25.9 Å². The number of carbonyl (C=O) groups excluding carboxylic acids is 1. The fraction of sp³-hybridized carbons (Fsp3) is 0.600. The zero-order chi connectivity index (χ0) is 14.4. The molecule has 1 rings (SSSR count). The molecule has 0 radical (unpaired) electrons. The highest BCUT2D eigenvalue weighted by Gasteiger charge is 2.12.